The topological polar surface area (TPSA) is 176 Å². The number of H-pyrrole nitrogens is 1. The number of hydrogen-bond acceptors (Lipinski definition) is 9. The number of nitrogens with one attached hydrogen (secondary N) is 3. The number of amides is 3. The number of ether oxygens (including phenoxy) is 2. The van der Waals surface area contributed by atoms with Gasteiger partial charge < -0.3 is 24.8 Å². The smallest absolute Gasteiger partial charge is 0.439 e. The number of carbonyl (C=O) groups excluding carboxylic acids is 3. The molecule has 2 aromatic carbocycles. The predicted octanol–water partition coefficient (Wildman–Crippen LogP) is 2.11. The molecule has 3 amide bonds. The van der Waals surface area contributed by atoms with Gasteiger partial charge in [0.05, 0.1) is 6.61 Å². The Hall–Kier alpha value is -4.49. The Kier molecular flexibility index (Phi) is 7.60. The van der Waals surface area contributed by atoms with Gasteiger partial charge in [0.15, 0.2) is 18.0 Å². The van der Waals surface area contributed by atoms with Crippen molar-refractivity contribution in [2.24, 2.45) is 0 Å². The molecular formula is C25H27N5O8. The number of carbonyl (C=O) groups is 3. The molecule has 4 N–H and O–H groups in total. The maximum Gasteiger partial charge on any atom is 0.439 e. The Morgan fingerprint density at radius 1 is 1.13 bits per heavy atom. The second-order valence-electron chi connectivity index (χ2n) is 9.41. The molecule has 2 heterocycles. The van der Waals surface area contributed by atoms with Crippen molar-refractivity contribution in [3.8, 4) is 11.4 Å². The molecule has 1 saturated heterocycles. The monoisotopic (exact) mass is 525 g/mol. The van der Waals surface area contributed by atoms with Crippen LogP contribution < -0.4 is 21.3 Å². The highest BCUT2D eigenvalue weighted by atomic mass is 16.6. The Balaban J connectivity index is 1.40. The van der Waals surface area contributed by atoms with E-state index in [9.17, 15) is 24.3 Å². The number of morpholine rings is 1. The van der Waals surface area contributed by atoms with Gasteiger partial charge in [-0.25, -0.2) is 9.59 Å². The Labute approximate surface area is 216 Å². The minimum Gasteiger partial charge on any atom is -0.444 e. The Morgan fingerprint density at radius 3 is 2.53 bits per heavy atom. The molecule has 3 aromatic rings. The van der Waals surface area contributed by atoms with Gasteiger partial charge in [-0.05, 0) is 63.2 Å². The molecule has 13 heteroatoms. The summed E-state index contributed by atoms with van der Waals surface area (Å²) in [6.07, 6.45) is -3.87. The third kappa shape index (κ3) is 6.44. The van der Waals surface area contributed by atoms with Crippen molar-refractivity contribution in [2.75, 3.05) is 28.7 Å². The van der Waals surface area contributed by atoms with Crippen molar-refractivity contribution >= 4 is 35.0 Å². The molecule has 0 radical (unpaired) electrons. The number of benzene rings is 2. The molecule has 1 aromatic heterocycles. The fraction of sp³-hybridized carbons (Fsp3) is 0.320. The maximum atomic E-state index is 13.2. The fourth-order valence-electron chi connectivity index (χ4n) is 3.68. The van der Waals surface area contributed by atoms with Crippen LogP contribution in [0.5, 0.6) is 0 Å². The molecule has 1 fully saturated rings. The second-order valence-corrected chi connectivity index (χ2v) is 9.41. The van der Waals surface area contributed by atoms with Crippen LogP contribution in [0.3, 0.4) is 0 Å². The van der Waals surface area contributed by atoms with Crippen LogP contribution in [-0.4, -0.2) is 64.1 Å². The summed E-state index contributed by atoms with van der Waals surface area (Å²) in [5.74, 6) is -1.93. The summed E-state index contributed by atoms with van der Waals surface area (Å²) in [4.78, 5) is 52.9. The molecule has 2 atom stereocenters. The van der Waals surface area contributed by atoms with Gasteiger partial charge in [-0.15, -0.1) is 0 Å². The lowest BCUT2D eigenvalue weighted by Crippen LogP contribution is -2.55. The lowest BCUT2D eigenvalue weighted by atomic mass is 10.1. The first-order chi connectivity index (χ1) is 18.0. The summed E-state index contributed by atoms with van der Waals surface area (Å²) in [6, 6.07) is 12.8. The predicted molar refractivity (Wildman–Crippen MR) is 136 cm³/mol. The molecule has 0 aliphatic carbocycles. The van der Waals surface area contributed by atoms with Crippen molar-refractivity contribution in [1.29, 1.82) is 0 Å². The van der Waals surface area contributed by atoms with E-state index in [4.69, 9.17) is 9.47 Å². The molecule has 0 saturated carbocycles. The van der Waals surface area contributed by atoms with Crippen LogP contribution in [0.2, 0.25) is 0 Å². The summed E-state index contributed by atoms with van der Waals surface area (Å²) >= 11 is 0. The van der Waals surface area contributed by atoms with Crippen LogP contribution in [0.4, 0.5) is 21.9 Å². The van der Waals surface area contributed by atoms with Crippen LogP contribution in [0.25, 0.3) is 11.4 Å². The first-order valence-electron chi connectivity index (χ1n) is 11.7. The van der Waals surface area contributed by atoms with Gasteiger partial charge in [0, 0.05) is 29.2 Å². The number of aromatic nitrogens is 2. The first kappa shape index (κ1) is 26.6. The molecule has 200 valence electrons. The van der Waals surface area contributed by atoms with Gasteiger partial charge in [0.25, 0.3) is 11.8 Å². The Bertz CT molecular complexity index is 1380. The highest BCUT2D eigenvalue weighted by molar-refractivity contribution is 6.04. The van der Waals surface area contributed by atoms with Gasteiger partial charge in [0.1, 0.15) is 5.60 Å². The molecule has 38 heavy (non-hydrogen) atoms. The van der Waals surface area contributed by atoms with Gasteiger partial charge in [-0.2, -0.15) is 0 Å². The van der Waals surface area contributed by atoms with Gasteiger partial charge in [-0.1, -0.05) is 11.2 Å². The lowest BCUT2D eigenvalue weighted by molar-refractivity contribution is -0.150. The van der Waals surface area contributed by atoms with Crippen molar-refractivity contribution in [3.05, 3.63) is 59.1 Å². The second kappa shape index (κ2) is 10.9. The zero-order valence-electron chi connectivity index (χ0n) is 20.9. The fourth-order valence-corrected chi connectivity index (χ4v) is 3.68. The molecule has 13 nitrogen and oxygen atoms in total. The van der Waals surface area contributed by atoms with Crippen molar-refractivity contribution in [3.63, 3.8) is 0 Å². The zero-order valence-corrected chi connectivity index (χ0v) is 20.9. The highest BCUT2D eigenvalue weighted by Gasteiger charge is 2.39. The van der Waals surface area contributed by atoms with E-state index in [0.717, 1.165) is 0 Å². The zero-order chi connectivity index (χ0) is 27.4. The standard InChI is InChI=1S/C25H27N5O8/c1-25(2,3)37-23(34)27-16-5-4-6-17(13-16)30-11-12-36-19(22(30)33)18(31)21(32)26-15-9-7-14(8-10-15)20-28-24(35)38-29-20/h4-10,13,18-19,31H,11-12H2,1-3H3,(H,26,32)(H,27,34)(H,28,29,35)/t18-,19-/m1/s1. The van der Waals surface area contributed by atoms with Crippen molar-refractivity contribution in [2.45, 2.75) is 38.6 Å². The van der Waals surface area contributed by atoms with Gasteiger partial charge in [0.2, 0.25) is 0 Å². The largest absolute Gasteiger partial charge is 0.444 e. The average Bonchev–Trinajstić information content (AvgIpc) is 3.29. The van der Waals surface area contributed by atoms with Crippen LogP contribution in [0.1, 0.15) is 20.8 Å². The lowest BCUT2D eigenvalue weighted by Gasteiger charge is -2.34. The van der Waals surface area contributed by atoms with Crippen LogP contribution in [0.15, 0.2) is 57.8 Å². The number of nitrogens with zero attached hydrogens (tertiary/aromatic N) is 2. The van der Waals surface area contributed by atoms with E-state index in [1.807, 2.05) is 0 Å². The third-order valence-electron chi connectivity index (χ3n) is 5.35. The third-order valence-corrected chi connectivity index (χ3v) is 5.35. The summed E-state index contributed by atoms with van der Waals surface area (Å²) in [6.45, 7) is 5.50. The van der Waals surface area contributed by atoms with Crippen LogP contribution >= 0.6 is 0 Å². The molecule has 0 bridgehead atoms. The van der Waals surface area contributed by atoms with E-state index in [2.05, 4.69) is 25.3 Å². The molecule has 1 aliphatic rings. The van der Waals surface area contributed by atoms with E-state index in [0.29, 0.717) is 22.6 Å². The van der Waals surface area contributed by atoms with Crippen molar-refractivity contribution in [1.82, 2.24) is 10.1 Å². The van der Waals surface area contributed by atoms with Gasteiger partial charge in [-0.3, -0.25) is 24.4 Å². The number of rotatable bonds is 6. The normalized spacial score (nSPS) is 16.6. The quantitative estimate of drug-likeness (QED) is 0.375. The summed E-state index contributed by atoms with van der Waals surface area (Å²) < 4.78 is 15.2. The van der Waals surface area contributed by atoms with Crippen LogP contribution in [0, 0.1) is 0 Å². The SMILES string of the molecule is CC(C)(C)OC(=O)Nc1cccc(N2CCO[C@H]([C@@H](O)C(=O)Nc3ccc(-c4noc(=O)[nH]4)cc3)C2=O)c1. The first-order valence-corrected chi connectivity index (χ1v) is 11.7. The summed E-state index contributed by atoms with van der Waals surface area (Å²) in [5.41, 5.74) is 1.06. The number of aliphatic hydroxyl groups is 1. The molecule has 0 unspecified atom stereocenters. The minimum absolute atomic E-state index is 0.0784. The van der Waals surface area contributed by atoms with E-state index < -0.39 is 41.5 Å². The van der Waals surface area contributed by atoms with Gasteiger partial charge >= 0.3 is 11.8 Å². The van der Waals surface area contributed by atoms with E-state index >= 15 is 0 Å². The minimum atomic E-state index is -1.79. The summed E-state index contributed by atoms with van der Waals surface area (Å²) in [7, 11) is 0. The number of anilines is 3. The number of aliphatic hydroxyl groups excluding tert-OH is 1. The molecule has 4 rings (SSSR count). The number of hydrogen-bond donors (Lipinski definition) is 4. The molecular weight excluding hydrogens is 498 g/mol. The summed E-state index contributed by atoms with van der Waals surface area (Å²) in [5, 5.41) is 19.4. The van der Waals surface area contributed by atoms with Crippen molar-refractivity contribution < 1.29 is 33.5 Å². The average molecular weight is 526 g/mol. The van der Waals surface area contributed by atoms with E-state index in [1.54, 1.807) is 57.2 Å². The maximum absolute atomic E-state index is 13.2. The highest BCUT2D eigenvalue weighted by Crippen LogP contribution is 2.25. The van der Waals surface area contributed by atoms with Crippen LogP contribution in [-0.2, 0) is 19.1 Å². The van der Waals surface area contributed by atoms with E-state index in [1.165, 1.54) is 17.0 Å². The number of aromatic amines is 1. The van der Waals surface area contributed by atoms with E-state index in [-0.39, 0.29) is 19.0 Å². The molecule has 0 spiro atoms. The molecule has 1 aliphatic heterocycles. The Morgan fingerprint density at radius 2 is 1.87 bits per heavy atom.